The van der Waals surface area contributed by atoms with Gasteiger partial charge in [0.1, 0.15) is 4.83 Å². The smallest absolute Gasteiger partial charge is 0.263 e. The standard InChI is InChI=1S/C19H19ClN4O2S/c1-19(2)8-13-14(10-26-19)27-16-15(13)17(25)24(3)18(22-16)23-21-9-11-4-6-12(20)7-5-11/h4-7,9H,8,10H2,1-3H3,(H,22,23)/b21-9+. The number of aromatic nitrogens is 2. The monoisotopic (exact) mass is 402 g/mol. The fraction of sp³-hybridized carbons (Fsp3) is 0.316. The number of thiophene rings is 1. The normalized spacial score (nSPS) is 16.0. The molecule has 0 amide bonds. The number of nitrogens with zero attached hydrogens (tertiary/aromatic N) is 3. The van der Waals surface area contributed by atoms with Gasteiger partial charge < -0.3 is 4.74 Å². The largest absolute Gasteiger partial charge is 0.370 e. The minimum atomic E-state index is -0.272. The minimum Gasteiger partial charge on any atom is -0.370 e. The number of halogens is 1. The topological polar surface area (TPSA) is 68.5 Å². The van der Waals surface area contributed by atoms with Crippen molar-refractivity contribution in [2.24, 2.45) is 12.1 Å². The molecule has 0 radical (unpaired) electrons. The summed E-state index contributed by atoms with van der Waals surface area (Å²) in [5, 5.41) is 5.56. The summed E-state index contributed by atoms with van der Waals surface area (Å²) in [6, 6.07) is 7.31. The highest BCUT2D eigenvalue weighted by molar-refractivity contribution is 7.18. The highest BCUT2D eigenvalue weighted by Gasteiger charge is 2.31. The Morgan fingerprint density at radius 3 is 2.85 bits per heavy atom. The quantitative estimate of drug-likeness (QED) is 0.532. The first kappa shape index (κ1) is 18.2. The molecule has 1 aliphatic rings. The molecule has 0 bridgehead atoms. The van der Waals surface area contributed by atoms with Crippen LogP contribution in [0, 0.1) is 0 Å². The zero-order valence-electron chi connectivity index (χ0n) is 15.2. The summed E-state index contributed by atoms with van der Waals surface area (Å²) in [5.74, 6) is 0.400. The van der Waals surface area contributed by atoms with Crippen molar-refractivity contribution in [2.45, 2.75) is 32.5 Å². The van der Waals surface area contributed by atoms with Gasteiger partial charge in [0.25, 0.3) is 5.56 Å². The van der Waals surface area contributed by atoms with Gasteiger partial charge in [-0.3, -0.25) is 9.36 Å². The van der Waals surface area contributed by atoms with E-state index in [1.165, 1.54) is 15.9 Å². The summed E-state index contributed by atoms with van der Waals surface area (Å²) < 4.78 is 7.37. The number of benzene rings is 1. The number of ether oxygens (including phenoxy) is 1. The molecule has 0 atom stereocenters. The van der Waals surface area contributed by atoms with E-state index >= 15 is 0 Å². The Morgan fingerprint density at radius 1 is 1.37 bits per heavy atom. The third-order valence-corrected chi connectivity index (χ3v) is 5.91. The van der Waals surface area contributed by atoms with E-state index < -0.39 is 0 Å². The average molecular weight is 403 g/mol. The van der Waals surface area contributed by atoms with Crippen LogP contribution in [-0.4, -0.2) is 21.4 Å². The summed E-state index contributed by atoms with van der Waals surface area (Å²) in [5.41, 5.74) is 4.49. The molecule has 1 N–H and O–H groups in total. The predicted octanol–water partition coefficient (Wildman–Crippen LogP) is 3.95. The van der Waals surface area contributed by atoms with Crippen molar-refractivity contribution in [3.05, 3.63) is 55.6 Å². The molecule has 4 rings (SSSR count). The molecule has 1 aliphatic heterocycles. The SMILES string of the molecule is Cn1c(N/N=C/c2ccc(Cl)cc2)nc2sc3c(c2c1=O)CC(C)(C)OC3. The van der Waals surface area contributed by atoms with Gasteiger partial charge in [-0.2, -0.15) is 5.10 Å². The van der Waals surface area contributed by atoms with Crippen LogP contribution in [-0.2, 0) is 24.8 Å². The van der Waals surface area contributed by atoms with Crippen LogP contribution in [0.4, 0.5) is 5.95 Å². The van der Waals surface area contributed by atoms with Gasteiger partial charge in [0.15, 0.2) is 0 Å². The lowest BCUT2D eigenvalue weighted by Gasteiger charge is -2.29. The molecular weight excluding hydrogens is 384 g/mol. The molecule has 2 aromatic heterocycles. The van der Waals surface area contributed by atoms with Crippen molar-refractivity contribution < 1.29 is 4.74 Å². The maximum absolute atomic E-state index is 12.9. The zero-order valence-corrected chi connectivity index (χ0v) is 16.8. The molecule has 0 saturated heterocycles. The summed E-state index contributed by atoms with van der Waals surface area (Å²) in [6.45, 7) is 4.60. The van der Waals surface area contributed by atoms with E-state index in [0.717, 1.165) is 16.0 Å². The van der Waals surface area contributed by atoms with E-state index in [0.29, 0.717) is 34.2 Å². The first-order valence-corrected chi connectivity index (χ1v) is 9.73. The van der Waals surface area contributed by atoms with Crippen molar-refractivity contribution in [3.8, 4) is 0 Å². The van der Waals surface area contributed by atoms with Gasteiger partial charge in [-0.25, -0.2) is 10.4 Å². The molecule has 1 aromatic carbocycles. The molecule has 0 spiro atoms. The summed E-state index contributed by atoms with van der Waals surface area (Å²) in [6.07, 6.45) is 2.36. The van der Waals surface area contributed by atoms with Gasteiger partial charge in [-0.1, -0.05) is 23.7 Å². The van der Waals surface area contributed by atoms with Crippen LogP contribution in [0.5, 0.6) is 0 Å². The lowest BCUT2D eigenvalue weighted by molar-refractivity contribution is -0.0379. The molecule has 0 aliphatic carbocycles. The summed E-state index contributed by atoms with van der Waals surface area (Å²) >= 11 is 7.39. The number of fused-ring (bicyclic) bond motifs is 3. The molecule has 6 nitrogen and oxygen atoms in total. The Labute approximate surface area is 165 Å². The molecular formula is C19H19ClN4O2S. The van der Waals surface area contributed by atoms with Crippen molar-refractivity contribution in [1.29, 1.82) is 0 Å². The van der Waals surface area contributed by atoms with Crippen LogP contribution < -0.4 is 11.0 Å². The molecule has 27 heavy (non-hydrogen) atoms. The van der Waals surface area contributed by atoms with Crippen LogP contribution >= 0.6 is 22.9 Å². The number of nitrogens with one attached hydrogen (secondary N) is 1. The average Bonchev–Trinajstić information content (AvgIpc) is 2.97. The zero-order chi connectivity index (χ0) is 19.2. The molecule has 0 saturated carbocycles. The van der Waals surface area contributed by atoms with E-state index in [4.69, 9.17) is 16.3 Å². The molecule has 3 aromatic rings. The highest BCUT2D eigenvalue weighted by atomic mass is 35.5. The second kappa shape index (κ2) is 6.74. The lowest BCUT2D eigenvalue weighted by atomic mass is 9.94. The van der Waals surface area contributed by atoms with Crippen molar-refractivity contribution >= 4 is 45.3 Å². The first-order chi connectivity index (χ1) is 12.8. The van der Waals surface area contributed by atoms with Crippen molar-refractivity contribution in [3.63, 3.8) is 0 Å². The van der Waals surface area contributed by atoms with E-state index in [9.17, 15) is 4.79 Å². The Bertz CT molecular complexity index is 1100. The van der Waals surface area contributed by atoms with E-state index in [-0.39, 0.29) is 11.2 Å². The molecule has 3 heterocycles. The number of hydrogen-bond acceptors (Lipinski definition) is 6. The van der Waals surface area contributed by atoms with E-state index in [1.807, 2.05) is 26.0 Å². The van der Waals surface area contributed by atoms with Crippen molar-refractivity contribution in [2.75, 3.05) is 5.43 Å². The Balaban J connectivity index is 1.68. The second-order valence-corrected chi connectivity index (χ2v) is 8.65. The third-order valence-electron chi connectivity index (χ3n) is 4.56. The number of rotatable bonds is 3. The predicted molar refractivity (Wildman–Crippen MR) is 110 cm³/mol. The van der Waals surface area contributed by atoms with Crippen LogP contribution in [0.15, 0.2) is 34.2 Å². The van der Waals surface area contributed by atoms with Gasteiger partial charge in [0, 0.05) is 23.4 Å². The highest BCUT2D eigenvalue weighted by Crippen LogP contribution is 2.37. The Kier molecular flexibility index (Phi) is 4.53. The third kappa shape index (κ3) is 3.50. The number of hydrogen-bond donors (Lipinski definition) is 1. The van der Waals surface area contributed by atoms with Crippen molar-refractivity contribution in [1.82, 2.24) is 9.55 Å². The van der Waals surface area contributed by atoms with Crippen LogP contribution in [0.1, 0.15) is 29.9 Å². The first-order valence-electron chi connectivity index (χ1n) is 8.54. The van der Waals surface area contributed by atoms with Gasteiger partial charge in [0.05, 0.1) is 23.8 Å². The second-order valence-electron chi connectivity index (χ2n) is 7.13. The Morgan fingerprint density at radius 2 is 2.11 bits per heavy atom. The number of hydrazone groups is 1. The maximum atomic E-state index is 12.9. The fourth-order valence-corrected chi connectivity index (χ4v) is 4.31. The Hall–Kier alpha value is -2.22. The summed E-state index contributed by atoms with van der Waals surface area (Å²) in [4.78, 5) is 19.4. The van der Waals surface area contributed by atoms with Gasteiger partial charge >= 0.3 is 0 Å². The van der Waals surface area contributed by atoms with E-state index in [1.54, 1.807) is 25.4 Å². The minimum absolute atomic E-state index is 0.0700. The van der Waals surface area contributed by atoms with Crippen LogP contribution in [0.3, 0.4) is 0 Å². The molecule has 8 heteroatoms. The van der Waals surface area contributed by atoms with Crippen LogP contribution in [0.2, 0.25) is 5.02 Å². The molecule has 0 unspecified atom stereocenters. The number of anilines is 1. The fourth-order valence-electron chi connectivity index (χ4n) is 3.09. The van der Waals surface area contributed by atoms with Gasteiger partial charge in [-0.05, 0) is 37.1 Å². The molecule has 0 fully saturated rings. The summed E-state index contributed by atoms with van der Waals surface area (Å²) in [7, 11) is 1.70. The van der Waals surface area contributed by atoms with Gasteiger partial charge in [-0.15, -0.1) is 11.3 Å². The molecule has 140 valence electrons. The lowest BCUT2D eigenvalue weighted by Crippen LogP contribution is -2.32. The maximum Gasteiger partial charge on any atom is 0.263 e. The van der Waals surface area contributed by atoms with E-state index in [2.05, 4.69) is 15.5 Å². The van der Waals surface area contributed by atoms with Crippen LogP contribution in [0.25, 0.3) is 10.2 Å². The van der Waals surface area contributed by atoms with Gasteiger partial charge in [0.2, 0.25) is 5.95 Å².